The van der Waals surface area contributed by atoms with Crippen LogP contribution in [0.25, 0.3) is 0 Å². The van der Waals surface area contributed by atoms with Gasteiger partial charge in [-0.25, -0.2) is 0 Å². The number of methoxy groups -OCH3 is 2. The number of rotatable bonds is 18. The van der Waals surface area contributed by atoms with Gasteiger partial charge in [-0.15, -0.1) is 11.8 Å². The Morgan fingerprint density at radius 1 is 0.650 bits per heavy atom. The van der Waals surface area contributed by atoms with Crippen LogP contribution in [0.1, 0.15) is 42.4 Å². The van der Waals surface area contributed by atoms with Crippen LogP contribution >= 0.6 is 20.4 Å². The number of hydrogen-bond donors (Lipinski definition) is 0. The maximum Gasteiger partial charge on any atom is 0.332 e. The molecule has 0 heterocycles. The summed E-state index contributed by atoms with van der Waals surface area (Å²) in [6, 6.07) is 31.2. The van der Waals surface area contributed by atoms with Gasteiger partial charge in [0.2, 0.25) is 0 Å². The number of thioether (sulfide) groups is 1. The monoisotopic (exact) mass is 578 g/mol. The molecule has 0 amide bonds. The van der Waals surface area contributed by atoms with Crippen molar-refractivity contribution >= 4 is 20.4 Å². The van der Waals surface area contributed by atoms with Gasteiger partial charge in [-0.3, -0.25) is 0 Å². The lowest BCUT2D eigenvalue weighted by molar-refractivity contribution is 0.163. The number of benzene rings is 3. The fourth-order valence-corrected chi connectivity index (χ4v) is 6.63. The van der Waals surface area contributed by atoms with E-state index in [1.54, 1.807) is 14.2 Å². The van der Waals surface area contributed by atoms with Crippen molar-refractivity contribution in [2.45, 2.75) is 30.4 Å². The summed E-state index contributed by atoms with van der Waals surface area (Å²) in [6.45, 7) is 0.955. The molecule has 0 aromatic heterocycles. The van der Waals surface area contributed by atoms with Gasteiger partial charge in [0.1, 0.15) is 11.5 Å². The smallest absolute Gasteiger partial charge is 0.332 e. The Hall–Kier alpha value is -3.10. The molecule has 7 nitrogen and oxygen atoms in total. The first kappa shape index (κ1) is 31.4. The molecule has 3 rings (SSSR count). The van der Waals surface area contributed by atoms with Crippen LogP contribution in [0.15, 0.2) is 78.9 Å². The van der Waals surface area contributed by atoms with Gasteiger partial charge in [-0.05, 0) is 59.6 Å². The number of nitrogens with zero attached hydrogens (tertiary/aromatic N) is 2. The van der Waals surface area contributed by atoms with E-state index in [1.807, 2.05) is 54.2 Å². The molecule has 0 saturated heterocycles. The second-order valence-electron chi connectivity index (χ2n) is 8.60. The van der Waals surface area contributed by atoms with Crippen LogP contribution < -0.4 is 9.47 Å². The predicted molar refractivity (Wildman–Crippen MR) is 159 cm³/mol. The normalized spacial score (nSPS) is 11.1. The molecular formula is C31H35N2O5PS. The number of ether oxygens (including phenoxy) is 2. The fourth-order valence-electron chi connectivity index (χ4n) is 4.09. The minimum atomic E-state index is -1.58. The second-order valence-corrected chi connectivity index (χ2v) is 11.1. The van der Waals surface area contributed by atoms with Gasteiger partial charge < -0.3 is 23.0 Å². The van der Waals surface area contributed by atoms with E-state index in [0.717, 1.165) is 41.2 Å². The van der Waals surface area contributed by atoms with Crippen molar-refractivity contribution in [2.75, 3.05) is 39.8 Å². The SMILES string of the molecule is COc1ccc(C(SCCCCOP(OCCC#N)OCCC#N)(c2ccccc2)c2ccc(OC)cc2)cc1. The first-order chi connectivity index (χ1) is 19.7. The van der Waals surface area contributed by atoms with Gasteiger partial charge in [-0.1, -0.05) is 54.6 Å². The van der Waals surface area contributed by atoms with Crippen molar-refractivity contribution in [3.8, 4) is 23.6 Å². The van der Waals surface area contributed by atoms with E-state index < -0.39 is 13.3 Å². The molecule has 40 heavy (non-hydrogen) atoms. The Balaban J connectivity index is 1.76. The van der Waals surface area contributed by atoms with Crippen LogP contribution in [0, 0.1) is 22.7 Å². The molecule has 0 aliphatic carbocycles. The summed E-state index contributed by atoms with van der Waals surface area (Å²) in [7, 11) is 1.77. The van der Waals surface area contributed by atoms with E-state index in [9.17, 15) is 0 Å². The Bertz CT molecular complexity index is 1150. The summed E-state index contributed by atoms with van der Waals surface area (Å²) in [5, 5.41) is 17.5. The van der Waals surface area contributed by atoms with Gasteiger partial charge in [-0.2, -0.15) is 10.5 Å². The summed E-state index contributed by atoms with van der Waals surface area (Å²) < 4.78 is 27.4. The van der Waals surface area contributed by atoms with Gasteiger partial charge in [0.05, 0.1) is 63.8 Å². The molecule has 0 radical (unpaired) electrons. The molecule has 0 unspecified atom stereocenters. The highest BCUT2D eigenvalue weighted by Crippen LogP contribution is 2.49. The van der Waals surface area contributed by atoms with Crippen molar-refractivity contribution in [3.05, 3.63) is 95.6 Å². The average Bonchev–Trinajstić information content (AvgIpc) is 3.01. The zero-order valence-corrected chi connectivity index (χ0v) is 24.7. The Kier molecular flexibility index (Phi) is 13.8. The summed E-state index contributed by atoms with van der Waals surface area (Å²) >= 11 is 1.88. The van der Waals surface area contributed by atoms with Crippen LogP contribution in [0.4, 0.5) is 0 Å². The minimum Gasteiger partial charge on any atom is -0.497 e. The van der Waals surface area contributed by atoms with Crippen molar-refractivity contribution < 1.29 is 23.0 Å². The molecule has 0 atom stereocenters. The molecule has 0 aliphatic rings. The van der Waals surface area contributed by atoms with Crippen LogP contribution in [0.2, 0.25) is 0 Å². The van der Waals surface area contributed by atoms with Gasteiger partial charge in [0.15, 0.2) is 0 Å². The molecule has 0 bridgehead atoms. The van der Waals surface area contributed by atoms with Crippen molar-refractivity contribution in [1.29, 1.82) is 10.5 Å². The molecule has 0 aliphatic heterocycles. The summed E-state index contributed by atoms with van der Waals surface area (Å²) in [5.41, 5.74) is 3.50. The average molecular weight is 579 g/mol. The molecule has 9 heteroatoms. The van der Waals surface area contributed by atoms with E-state index in [2.05, 4.69) is 48.5 Å². The zero-order chi connectivity index (χ0) is 28.5. The minimum absolute atomic E-state index is 0.244. The van der Waals surface area contributed by atoms with Gasteiger partial charge in [0, 0.05) is 0 Å². The summed E-state index contributed by atoms with van der Waals surface area (Å²) in [5.74, 6) is 2.50. The second kappa shape index (κ2) is 17.6. The van der Waals surface area contributed by atoms with E-state index in [0.29, 0.717) is 6.61 Å². The lowest BCUT2D eigenvalue weighted by atomic mass is 9.84. The van der Waals surface area contributed by atoms with Gasteiger partial charge in [0.25, 0.3) is 0 Å². The van der Waals surface area contributed by atoms with Gasteiger partial charge >= 0.3 is 8.60 Å². The molecule has 0 saturated carbocycles. The van der Waals surface area contributed by atoms with E-state index in [1.165, 1.54) is 5.56 Å². The third-order valence-electron chi connectivity index (χ3n) is 6.05. The van der Waals surface area contributed by atoms with Crippen LogP contribution in [-0.2, 0) is 18.3 Å². The van der Waals surface area contributed by atoms with E-state index >= 15 is 0 Å². The highest BCUT2D eigenvalue weighted by Gasteiger charge is 2.37. The van der Waals surface area contributed by atoms with Crippen LogP contribution in [0.5, 0.6) is 11.5 Å². The molecule has 0 fully saturated rings. The molecule has 3 aromatic carbocycles. The maximum absolute atomic E-state index is 8.77. The predicted octanol–water partition coefficient (Wildman–Crippen LogP) is 7.61. The number of hydrogen-bond acceptors (Lipinski definition) is 8. The van der Waals surface area contributed by atoms with Crippen molar-refractivity contribution in [1.82, 2.24) is 0 Å². The lowest BCUT2D eigenvalue weighted by Crippen LogP contribution is -2.26. The Morgan fingerprint density at radius 2 is 1.12 bits per heavy atom. The lowest BCUT2D eigenvalue weighted by Gasteiger charge is -2.35. The summed E-state index contributed by atoms with van der Waals surface area (Å²) in [6.07, 6.45) is 2.24. The third kappa shape index (κ3) is 8.96. The highest BCUT2D eigenvalue weighted by molar-refractivity contribution is 8.00. The fraction of sp³-hybridized carbons (Fsp3) is 0.355. The first-order valence-corrected chi connectivity index (χ1v) is 15.2. The van der Waals surface area contributed by atoms with Crippen LogP contribution in [-0.4, -0.2) is 39.8 Å². The number of nitriles is 2. The molecule has 0 N–H and O–H groups in total. The Labute approximate surface area is 243 Å². The van der Waals surface area contributed by atoms with E-state index in [4.69, 9.17) is 33.6 Å². The molecular weight excluding hydrogens is 543 g/mol. The standard InChI is InChI=1S/C31H35N2O5PS/c1-34-29-16-12-27(13-17-29)31(26-10-4-3-5-11-26,28-14-18-30(35-2)19-15-28)40-25-7-6-22-36-39(37-23-8-20-32)38-24-9-21-33/h3-5,10-19H,6-9,22-25H2,1-2H3. The number of unbranched alkanes of at least 4 members (excludes halogenated alkanes) is 1. The highest BCUT2D eigenvalue weighted by atomic mass is 32.2. The zero-order valence-electron chi connectivity index (χ0n) is 23.0. The molecule has 210 valence electrons. The molecule has 0 spiro atoms. The summed E-state index contributed by atoms with van der Waals surface area (Å²) in [4.78, 5) is 0. The van der Waals surface area contributed by atoms with Crippen molar-refractivity contribution in [2.24, 2.45) is 0 Å². The third-order valence-corrected chi connectivity index (χ3v) is 8.86. The topological polar surface area (TPSA) is 93.7 Å². The van der Waals surface area contributed by atoms with Crippen molar-refractivity contribution in [3.63, 3.8) is 0 Å². The van der Waals surface area contributed by atoms with Crippen LogP contribution in [0.3, 0.4) is 0 Å². The molecule has 3 aromatic rings. The quantitative estimate of drug-likeness (QED) is 0.0865. The Morgan fingerprint density at radius 3 is 1.60 bits per heavy atom. The first-order valence-electron chi connectivity index (χ1n) is 13.1. The largest absolute Gasteiger partial charge is 0.497 e. The maximum atomic E-state index is 8.77. The van der Waals surface area contributed by atoms with E-state index in [-0.39, 0.29) is 26.1 Å².